The summed E-state index contributed by atoms with van der Waals surface area (Å²) in [7, 11) is -1.05. The van der Waals surface area contributed by atoms with Crippen molar-refractivity contribution in [2.75, 3.05) is 42.3 Å². The zero-order chi connectivity index (χ0) is 20.3. The molecule has 158 valence electrons. The molecule has 1 aliphatic carbocycles. The first-order valence-corrected chi connectivity index (χ1v) is 12.2. The Balaban J connectivity index is 1.15. The molecule has 3 fully saturated rings. The number of carbonyl (C=O) groups excluding carboxylic acids is 1. The van der Waals surface area contributed by atoms with E-state index in [0.29, 0.717) is 54.0 Å². The molecule has 30 heavy (non-hydrogen) atoms. The second-order valence-electron chi connectivity index (χ2n) is 8.54. The number of ether oxygens (including phenoxy) is 2. The van der Waals surface area contributed by atoms with Crippen LogP contribution < -0.4 is 10.2 Å². The molecule has 11 heteroatoms. The summed E-state index contributed by atoms with van der Waals surface area (Å²) in [6.07, 6.45) is 4.15. The van der Waals surface area contributed by atoms with Crippen LogP contribution in [0, 0.1) is 5.41 Å². The minimum Gasteiger partial charge on any atom is -0.455 e. The van der Waals surface area contributed by atoms with Crippen LogP contribution in [0.2, 0.25) is 0 Å². The highest BCUT2D eigenvalue weighted by molar-refractivity contribution is 7.85. The Labute approximate surface area is 179 Å². The third-order valence-electron chi connectivity index (χ3n) is 6.26. The first-order valence-electron chi connectivity index (χ1n) is 10.1. The van der Waals surface area contributed by atoms with Crippen LogP contribution in [-0.2, 0) is 26.7 Å². The Morgan fingerprint density at radius 1 is 1.33 bits per heavy atom. The molecule has 5 heterocycles. The van der Waals surface area contributed by atoms with Crippen LogP contribution in [0.1, 0.15) is 28.9 Å². The van der Waals surface area contributed by atoms with Gasteiger partial charge in [0.25, 0.3) is 0 Å². The number of carbonyl (C=O) groups is 1. The first-order chi connectivity index (χ1) is 14.6. The molecule has 0 radical (unpaired) electrons. The van der Waals surface area contributed by atoms with E-state index in [0.717, 1.165) is 36.6 Å². The van der Waals surface area contributed by atoms with Crippen molar-refractivity contribution in [2.24, 2.45) is 5.41 Å². The van der Waals surface area contributed by atoms with Crippen LogP contribution in [0.3, 0.4) is 0 Å². The monoisotopic (exact) mass is 447 g/mol. The minimum atomic E-state index is -1.05. The van der Waals surface area contributed by atoms with Gasteiger partial charge in [-0.3, -0.25) is 4.21 Å². The van der Waals surface area contributed by atoms with Gasteiger partial charge in [0.1, 0.15) is 16.8 Å². The molecule has 0 aromatic carbocycles. The van der Waals surface area contributed by atoms with Crippen molar-refractivity contribution < 1.29 is 18.5 Å². The standard InChI is InChI=1S/C19H21N5O4S2/c25-17(11-5-20-29-8-11)28-13-6-24(7-13)18-22-14-1-2-30(26)15(14)16(23-18)21-12-3-19(4-12)9-27-10-19/h5,8,12-13H,1-4,6-7,9-10H2,(H,21,22,23)/t30-/m0/s1. The topological polar surface area (TPSA) is 107 Å². The van der Waals surface area contributed by atoms with E-state index in [9.17, 15) is 9.00 Å². The molecule has 1 spiro atoms. The fourth-order valence-electron chi connectivity index (χ4n) is 4.53. The Bertz CT molecular complexity index is 1010. The summed E-state index contributed by atoms with van der Waals surface area (Å²) in [4.78, 5) is 24.2. The molecule has 1 N–H and O–H groups in total. The summed E-state index contributed by atoms with van der Waals surface area (Å²) in [5.74, 6) is 1.57. The third kappa shape index (κ3) is 3.10. The fourth-order valence-corrected chi connectivity index (χ4v) is 6.35. The normalized spacial score (nSPS) is 24.7. The number of esters is 1. The molecule has 9 nitrogen and oxygen atoms in total. The lowest BCUT2D eigenvalue weighted by Gasteiger charge is -2.53. The lowest BCUT2D eigenvalue weighted by Crippen LogP contribution is -2.56. The molecule has 6 rings (SSSR count). The highest BCUT2D eigenvalue weighted by atomic mass is 32.2. The number of aromatic nitrogens is 3. The number of rotatable bonds is 5. The SMILES string of the molecule is O=C(OC1CN(c2nc3c(c(NC4CC5(COC5)C4)n2)[S@@](=O)CC3)C1)c1cnsc1. The molecular formula is C19H21N5O4S2. The first kappa shape index (κ1) is 18.6. The quantitative estimate of drug-likeness (QED) is 0.677. The van der Waals surface area contributed by atoms with Gasteiger partial charge >= 0.3 is 5.97 Å². The maximum absolute atomic E-state index is 12.5. The molecular weight excluding hydrogens is 426 g/mol. The van der Waals surface area contributed by atoms with Gasteiger partial charge in [-0.05, 0) is 24.4 Å². The van der Waals surface area contributed by atoms with Crippen molar-refractivity contribution in [2.45, 2.75) is 36.3 Å². The van der Waals surface area contributed by atoms with Crippen LogP contribution >= 0.6 is 11.5 Å². The van der Waals surface area contributed by atoms with E-state index in [-0.39, 0.29) is 12.1 Å². The predicted octanol–water partition coefficient (Wildman–Crippen LogP) is 1.23. The number of hydrogen-bond acceptors (Lipinski definition) is 10. The molecule has 1 saturated carbocycles. The van der Waals surface area contributed by atoms with E-state index < -0.39 is 10.8 Å². The molecule has 4 aliphatic rings. The summed E-state index contributed by atoms with van der Waals surface area (Å²) in [6.45, 7) is 2.79. The van der Waals surface area contributed by atoms with Crippen LogP contribution in [0.5, 0.6) is 0 Å². The number of hydrogen-bond donors (Lipinski definition) is 1. The van der Waals surface area contributed by atoms with Gasteiger partial charge in [0.05, 0.1) is 54.6 Å². The molecule has 2 saturated heterocycles. The van der Waals surface area contributed by atoms with Gasteiger partial charge in [-0.1, -0.05) is 0 Å². The van der Waals surface area contributed by atoms with Crippen molar-refractivity contribution in [1.29, 1.82) is 0 Å². The Hall–Kier alpha value is -2.11. The van der Waals surface area contributed by atoms with Crippen LogP contribution in [0.4, 0.5) is 11.8 Å². The summed E-state index contributed by atoms with van der Waals surface area (Å²) < 4.78 is 27.3. The zero-order valence-electron chi connectivity index (χ0n) is 16.2. The van der Waals surface area contributed by atoms with Gasteiger partial charge in [0, 0.05) is 29.0 Å². The van der Waals surface area contributed by atoms with E-state index in [2.05, 4.69) is 14.7 Å². The van der Waals surface area contributed by atoms with Gasteiger partial charge in [0.2, 0.25) is 5.95 Å². The van der Waals surface area contributed by atoms with E-state index in [1.807, 2.05) is 4.90 Å². The second-order valence-corrected chi connectivity index (χ2v) is 10.7. The van der Waals surface area contributed by atoms with Gasteiger partial charge in [-0.2, -0.15) is 4.98 Å². The minimum absolute atomic E-state index is 0.190. The summed E-state index contributed by atoms with van der Waals surface area (Å²) in [5.41, 5.74) is 1.70. The van der Waals surface area contributed by atoms with Gasteiger partial charge in [0.15, 0.2) is 0 Å². The van der Waals surface area contributed by atoms with Crippen LogP contribution in [0.15, 0.2) is 16.5 Å². The Morgan fingerprint density at radius 3 is 2.87 bits per heavy atom. The average Bonchev–Trinajstić information content (AvgIpc) is 3.29. The van der Waals surface area contributed by atoms with Gasteiger partial charge in [-0.25, -0.2) is 14.2 Å². The zero-order valence-corrected chi connectivity index (χ0v) is 17.8. The highest BCUT2D eigenvalue weighted by Gasteiger charge is 2.50. The lowest BCUT2D eigenvalue weighted by molar-refractivity contribution is -0.159. The summed E-state index contributed by atoms with van der Waals surface area (Å²) >= 11 is 1.23. The maximum Gasteiger partial charge on any atom is 0.341 e. The van der Waals surface area contributed by atoms with Crippen molar-refractivity contribution in [3.8, 4) is 0 Å². The lowest BCUT2D eigenvalue weighted by atomic mass is 9.64. The highest BCUT2D eigenvalue weighted by Crippen LogP contribution is 2.48. The van der Waals surface area contributed by atoms with Crippen LogP contribution in [-0.4, -0.2) is 68.7 Å². The van der Waals surface area contributed by atoms with Crippen molar-refractivity contribution in [3.05, 3.63) is 22.8 Å². The molecule has 3 aliphatic heterocycles. The average molecular weight is 448 g/mol. The van der Waals surface area contributed by atoms with E-state index in [1.54, 1.807) is 5.38 Å². The van der Waals surface area contributed by atoms with E-state index in [1.165, 1.54) is 17.7 Å². The molecule has 1 atom stereocenters. The van der Waals surface area contributed by atoms with Crippen molar-refractivity contribution >= 4 is 40.1 Å². The van der Waals surface area contributed by atoms with Crippen molar-refractivity contribution in [1.82, 2.24) is 14.3 Å². The third-order valence-corrected chi connectivity index (χ3v) is 8.31. The smallest absolute Gasteiger partial charge is 0.341 e. The largest absolute Gasteiger partial charge is 0.455 e. The summed E-state index contributed by atoms with van der Waals surface area (Å²) in [6, 6.07) is 0.336. The van der Waals surface area contributed by atoms with Crippen LogP contribution in [0.25, 0.3) is 0 Å². The number of aryl methyl sites for hydroxylation is 1. The molecule has 0 bridgehead atoms. The van der Waals surface area contributed by atoms with Gasteiger partial charge in [-0.15, -0.1) is 0 Å². The number of anilines is 2. The van der Waals surface area contributed by atoms with Crippen molar-refractivity contribution in [3.63, 3.8) is 0 Å². The maximum atomic E-state index is 12.5. The van der Waals surface area contributed by atoms with E-state index >= 15 is 0 Å². The summed E-state index contributed by atoms with van der Waals surface area (Å²) in [5, 5.41) is 5.20. The number of fused-ring (bicyclic) bond motifs is 1. The Kier molecular flexibility index (Phi) is 4.32. The Morgan fingerprint density at radius 2 is 2.17 bits per heavy atom. The molecule has 0 unspecified atom stereocenters. The number of nitrogens with zero attached hydrogens (tertiary/aromatic N) is 4. The number of nitrogens with one attached hydrogen (secondary N) is 1. The van der Waals surface area contributed by atoms with Gasteiger partial charge < -0.3 is 19.7 Å². The fraction of sp³-hybridized carbons (Fsp3) is 0.579. The molecule has 0 amide bonds. The predicted molar refractivity (Wildman–Crippen MR) is 110 cm³/mol. The molecule has 2 aromatic heterocycles. The molecule has 2 aromatic rings. The second kappa shape index (κ2) is 6.96. The van der Waals surface area contributed by atoms with E-state index in [4.69, 9.17) is 14.5 Å².